The lowest BCUT2D eigenvalue weighted by molar-refractivity contribution is -0.125. The van der Waals surface area contributed by atoms with Gasteiger partial charge in [-0.2, -0.15) is 0 Å². The summed E-state index contributed by atoms with van der Waals surface area (Å²) in [6.07, 6.45) is 1.72. The Morgan fingerprint density at radius 1 is 1.53 bits per heavy atom. The third kappa shape index (κ3) is 4.66. The van der Waals surface area contributed by atoms with Gasteiger partial charge in [-0.25, -0.2) is 0 Å². The molecule has 1 amide bonds. The molecule has 17 heavy (non-hydrogen) atoms. The third-order valence-electron chi connectivity index (χ3n) is 2.67. The third-order valence-corrected chi connectivity index (χ3v) is 4.08. The van der Waals surface area contributed by atoms with E-state index in [-0.39, 0.29) is 17.9 Å². The molecule has 1 rings (SSSR count). The summed E-state index contributed by atoms with van der Waals surface area (Å²) in [5.74, 6) is 0.0897. The number of hydrogen-bond donors (Lipinski definition) is 2. The van der Waals surface area contributed by atoms with Crippen LogP contribution in [-0.2, 0) is 4.79 Å². The lowest BCUT2D eigenvalue weighted by Gasteiger charge is -2.16. The molecule has 0 spiro atoms. The Morgan fingerprint density at radius 3 is 2.76 bits per heavy atom. The zero-order valence-electron chi connectivity index (χ0n) is 10.2. The van der Waals surface area contributed by atoms with E-state index in [0.29, 0.717) is 6.54 Å². The minimum Gasteiger partial charge on any atom is -0.349 e. The zero-order valence-corrected chi connectivity index (χ0v) is 11.8. The van der Waals surface area contributed by atoms with Gasteiger partial charge >= 0.3 is 0 Å². The second-order valence-corrected chi connectivity index (χ2v) is 5.95. The number of nitrogens with two attached hydrogens (primary N) is 1. The quantitative estimate of drug-likeness (QED) is 0.838. The zero-order chi connectivity index (χ0) is 12.8. The first-order valence-corrected chi connectivity index (χ1v) is 6.99. The fourth-order valence-electron chi connectivity index (χ4n) is 1.54. The van der Waals surface area contributed by atoms with Crippen LogP contribution in [-0.4, -0.2) is 12.5 Å². The fourth-order valence-corrected chi connectivity index (χ4v) is 2.61. The summed E-state index contributed by atoms with van der Waals surface area (Å²) in [7, 11) is 0. The van der Waals surface area contributed by atoms with Crippen molar-refractivity contribution in [3.63, 3.8) is 0 Å². The van der Waals surface area contributed by atoms with E-state index in [1.165, 1.54) is 11.3 Å². The van der Waals surface area contributed by atoms with E-state index in [9.17, 15) is 4.79 Å². The predicted octanol–water partition coefficient (Wildman–Crippen LogP) is 2.95. The first kappa shape index (κ1) is 14.5. The topological polar surface area (TPSA) is 55.1 Å². The number of halogens is 1. The van der Waals surface area contributed by atoms with Crippen LogP contribution in [0, 0.1) is 5.92 Å². The molecule has 3 nitrogen and oxygen atoms in total. The second-order valence-electron chi connectivity index (χ2n) is 4.20. The SMILES string of the molecule is CC(CCCN)C(=O)NC(C)c1ccc(Cl)s1. The molecular weight excluding hydrogens is 256 g/mol. The molecule has 0 radical (unpaired) electrons. The molecule has 0 saturated heterocycles. The van der Waals surface area contributed by atoms with Crippen molar-refractivity contribution in [3.8, 4) is 0 Å². The molecule has 0 aliphatic rings. The molecule has 5 heteroatoms. The van der Waals surface area contributed by atoms with Gasteiger partial charge in [0.25, 0.3) is 0 Å². The Kier molecular flexibility index (Phi) is 5.95. The van der Waals surface area contributed by atoms with Gasteiger partial charge in [0.15, 0.2) is 0 Å². The molecular formula is C12H19ClN2OS. The van der Waals surface area contributed by atoms with E-state index in [2.05, 4.69) is 5.32 Å². The van der Waals surface area contributed by atoms with E-state index in [1.54, 1.807) is 0 Å². The van der Waals surface area contributed by atoms with Crippen molar-refractivity contribution in [1.82, 2.24) is 5.32 Å². The van der Waals surface area contributed by atoms with Gasteiger partial charge in [0.2, 0.25) is 5.91 Å². The summed E-state index contributed by atoms with van der Waals surface area (Å²) in [6.45, 7) is 4.53. The van der Waals surface area contributed by atoms with Crippen molar-refractivity contribution in [3.05, 3.63) is 21.3 Å². The molecule has 2 atom stereocenters. The molecule has 2 unspecified atom stereocenters. The average Bonchev–Trinajstić information content (AvgIpc) is 2.72. The van der Waals surface area contributed by atoms with Crippen LogP contribution < -0.4 is 11.1 Å². The van der Waals surface area contributed by atoms with E-state index < -0.39 is 0 Å². The number of thiophene rings is 1. The van der Waals surface area contributed by atoms with Gasteiger partial charge < -0.3 is 11.1 Å². The first-order chi connectivity index (χ1) is 8.04. The molecule has 0 saturated carbocycles. The number of hydrogen-bond acceptors (Lipinski definition) is 3. The molecule has 1 aromatic heterocycles. The highest BCUT2D eigenvalue weighted by molar-refractivity contribution is 7.16. The lowest BCUT2D eigenvalue weighted by atomic mass is 10.0. The van der Waals surface area contributed by atoms with Crippen LogP contribution in [0.5, 0.6) is 0 Å². The van der Waals surface area contributed by atoms with Crippen LogP contribution in [0.3, 0.4) is 0 Å². The normalized spacial score (nSPS) is 14.4. The summed E-state index contributed by atoms with van der Waals surface area (Å²) in [5, 5.41) is 2.99. The molecule has 3 N–H and O–H groups in total. The number of carbonyl (C=O) groups is 1. The van der Waals surface area contributed by atoms with Crippen molar-refractivity contribution in [1.29, 1.82) is 0 Å². The Labute approximate surface area is 111 Å². The number of nitrogens with one attached hydrogen (secondary N) is 1. The molecule has 0 bridgehead atoms. The van der Waals surface area contributed by atoms with Crippen LogP contribution >= 0.6 is 22.9 Å². The maximum Gasteiger partial charge on any atom is 0.223 e. The smallest absolute Gasteiger partial charge is 0.223 e. The Balaban J connectivity index is 2.45. The van der Waals surface area contributed by atoms with Crippen LogP contribution in [0.1, 0.15) is 37.6 Å². The van der Waals surface area contributed by atoms with Crippen LogP contribution in [0.25, 0.3) is 0 Å². The minimum absolute atomic E-state index is 0.0106. The van der Waals surface area contributed by atoms with Crippen LogP contribution in [0.15, 0.2) is 12.1 Å². The molecule has 0 fully saturated rings. The largest absolute Gasteiger partial charge is 0.349 e. The van der Waals surface area contributed by atoms with Gasteiger partial charge in [0.05, 0.1) is 10.4 Å². The van der Waals surface area contributed by atoms with Gasteiger partial charge in [0.1, 0.15) is 0 Å². The predicted molar refractivity (Wildman–Crippen MR) is 73.3 cm³/mol. The van der Waals surface area contributed by atoms with Crippen molar-refractivity contribution in [2.45, 2.75) is 32.7 Å². The standard InChI is InChI=1S/C12H19ClN2OS/c1-8(4-3-7-14)12(16)15-9(2)10-5-6-11(13)17-10/h5-6,8-9H,3-4,7,14H2,1-2H3,(H,15,16). The van der Waals surface area contributed by atoms with E-state index in [1.807, 2.05) is 26.0 Å². The van der Waals surface area contributed by atoms with Gasteiger partial charge in [-0.05, 0) is 38.4 Å². The van der Waals surface area contributed by atoms with Crippen LogP contribution in [0.4, 0.5) is 0 Å². The fraction of sp³-hybridized carbons (Fsp3) is 0.583. The maximum atomic E-state index is 11.9. The van der Waals surface area contributed by atoms with Crippen molar-refractivity contribution >= 4 is 28.8 Å². The Bertz CT molecular complexity index is 367. The molecule has 96 valence electrons. The molecule has 0 aliphatic carbocycles. The Morgan fingerprint density at radius 2 is 2.24 bits per heavy atom. The van der Waals surface area contributed by atoms with E-state index in [4.69, 9.17) is 17.3 Å². The Hall–Kier alpha value is -0.580. The highest BCUT2D eigenvalue weighted by atomic mass is 35.5. The van der Waals surface area contributed by atoms with Crippen molar-refractivity contribution < 1.29 is 4.79 Å². The summed E-state index contributed by atoms with van der Waals surface area (Å²) < 4.78 is 0.747. The number of rotatable bonds is 6. The second kappa shape index (κ2) is 6.99. The van der Waals surface area contributed by atoms with E-state index >= 15 is 0 Å². The average molecular weight is 275 g/mol. The molecule has 1 aromatic rings. The van der Waals surface area contributed by atoms with E-state index in [0.717, 1.165) is 22.1 Å². The van der Waals surface area contributed by atoms with Crippen LogP contribution in [0.2, 0.25) is 4.34 Å². The molecule has 0 aliphatic heterocycles. The van der Waals surface area contributed by atoms with Crippen molar-refractivity contribution in [2.24, 2.45) is 11.7 Å². The van der Waals surface area contributed by atoms with Gasteiger partial charge in [0, 0.05) is 10.8 Å². The summed E-state index contributed by atoms with van der Waals surface area (Å²) >= 11 is 7.36. The monoisotopic (exact) mass is 274 g/mol. The van der Waals surface area contributed by atoms with Gasteiger partial charge in [-0.15, -0.1) is 11.3 Å². The summed E-state index contributed by atoms with van der Waals surface area (Å²) in [4.78, 5) is 12.9. The number of carbonyl (C=O) groups excluding carboxylic acids is 1. The van der Waals surface area contributed by atoms with Gasteiger partial charge in [-0.3, -0.25) is 4.79 Å². The highest BCUT2D eigenvalue weighted by Gasteiger charge is 2.16. The highest BCUT2D eigenvalue weighted by Crippen LogP contribution is 2.26. The summed E-state index contributed by atoms with van der Waals surface area (Å²) in [6, 6.07) is 3.81. The van der Waals surface area contributed by atoms with Gasteiger partial charge in [-0.1, -0.05) is 18.5 Å². The summed E-state index contributed by atoms with van der Waals surface area (Å²) in [5.41, 5.74) is 5.43. The molecule has 0 aromatic carbocycles. The lowest BCUT2D eigenvalue weighted by Crippen LogP contribution is -2.31. The minimum atomic E-state index is 0.0106. The number of amides is 1. The molecule has 1 heterocycles. The van der Waals surface area contributed by atoms with Crippen molar-refractivity contribution in [2.75, 3.05) is 6.54 Å². The first-order valence-electron chi connectivity index (χ1n) is 5.80. The maximum absolute atomic E-state index is 11.9.